The second-order valence-electron chi connectivity index (χ2n) is 4.88. The molecule has 0 saturated carbocycles. The molecule has 1 aromatic carbocycles. The highest BCUT2D eigenvalue weighted by atomic mass is 79.9. The lowest BCUT2D eigenvalue weighted by molar-refractivity contribution is -0.402. The average Bonchev–Trinajstić information content (AvgIpc) is 3.09. The molecule has 1 aromatic heterocycles. The number of hydrazine groups is 1. The molecule has 2 aromatic rings. The summed E-state index contributed by atoms with van der Waals surface area (Å²) >= 11 is 3.29. The first-order valence-corrected chi connectivity index (χ1v) is 7.38. The molecule has 1 saturated heterocycles. The lowest BCUT2D eigenvalue weighted by Crippen LogP contribution is -2.35. The van der Waals surface area contributed by atoms with Crippen molar-refractivity contribution in [2.45, 2.75) is 6.42 Å². The number of carbonyl (C=O) groups is 2. The van der Waals surface area contributed by atoms with E-state index in [9.17, 15) is 19.7 Å². The number of nitro groups is 1. The topological polar surface area (TPSA) is 106 Å². The van der Waals surface area contributed by atoms with E-state index in [-0.39, 0.29) is 12.2 Å². The van der Waals surface area contributed by atoms with Gasteiger partial charge in [0.05, 0.1) is 11.8 Å². The third-order valence-electron chi connectivity index (χ3n) is 3.37. The Hall–Kier alpha value is -2.68. The smallest absolute Gasteiger partial charge is 0.406 e. The summed E-state index contributed by atoms with van der Waals surface area (Å²) in [5.41, 5.74) is 3.02. The molecule has 3 rings (SSSR count). The Morgan fingerprint density at radius 2 is 1.91 bits per heavy atom. The standard InChI is InChI=1S/C14H10BrN3O5/c15-8-1-3-9(4-2-8)17-14(20)11(13(19)16-17)7-10-5-6-12(23-10)18(21)22/h1-6,11H,7H2,(H,16,19). The van der Waals surface area contributed by atoms with Gasteiger partial charge in [-0.1, -0.05) is 15.9 Å². The maximum Gasteiger partial charge on any atom is 0.433 e. The number of benzene rings is 1. The Kier molecular flexibility index (Phi) is 3.87. The van der Waals surface area contributed by atoms with E-state index < -0.39 is 28.5 Å². The lowest BCUT2D eigenvalue weighted by Gasteiger charge is -2.15. The lowest BCUT2D eigenvalue weighted by atomic mass is 10.0. The number of rotatable bonds is 4. The Labute approximate surface area is 138 Å². The van der Waals surface area contributed by atoms with Crippen molar-refractivity contribution in [3.63, 3.8) is 0 Å². The van der Waals surface area contributed by atoms with Crippen molar-refractivity contribution in [3.8, 4) is 0 Å². The predicted molar refractivity (Wildman–Crippen MR) is 82.3 cm³/mol. The van der Waals surface area contributed by atoms with E-state index in [0.29, 0.717) is 5.69 Å². The molecular formula is C14H10BrN3O5. The molecule has 1 aliphatic heterocycles. The molecule has 23 heavy (non-hydrogen) atoms. The minimum absolute atomic E-state index is 0.0362. The van der Waals surface area contributed by atoms with E-state index >= 15 is 0 Å². The Morgan fingerprint density at radius 3 is 2.52 bits per heavy atom. The van der Waals surface area contributed by atoms with Crippen LogP contribution in [0.5, 0.6) is 0 Å². The van der Waals surface area contributed by atoms with Gasteiger partial charge in [0, 0.05) is 10.9 Å². The monoisotopic (exact) mass is 379 g/mol. The Morgan fingerprint density at radius 1 is 1.22 bits per heavy atom. The number of hydrogen-bond acceptors (Lipinski definition) is 5. The van der Waals surface area contributed by atoms with E-state index in [0.717, 1.165) is 9.48 Å². The van der Waals surface area contributed by atoms with Crippen molar-refractivity contribution in [3.05, 3.63) is 56.7 Å². The van der Waals surface area contributed by atoms with Gasteiger partial charge < -0.3 is 4.42 Å². The summed E-state index contributed by atoms with van der Waals surface area (Å²) in [6, 6.07) is 9.45. The van der Waals surface area contributed by atoms with E-state index in [2.05, 4.69) is 21.4 Å². The zero-order chi connectivity index (χ0) is 16.6. The third-order valence-corrected chi connectivity index (χ3v) is 3.90. The highest BCUT2D eigenvalue weighted by Crippen LogP contribution is 2.25. The van der Waals surface area contributed by atoms with Crippen LogP contribution in [0.1, 0.15) is 5.76 Å². The molecule has 1 atom stereocenters. The predicted octanol–water partition coefficient (Wildman–Crippen LogP) is 2.19. The highest BCUT2D eigenvalue weighted by molar-refractivity contribution is 9.10. The summed E-state index contributed by atoms with van der Waals surface area (Å²) in [6.07, 6.45) is -0.0362. The number of anilines is 1. The van der Waals surface area contributed by atoms with Gasteiger partial charge in [-0.3, -0.25) is 25.1 Å². The van der Waals surface area contributed by atoms with Gasteiger partial charge in [0.15, 0.2) is 0 Å². The largest absolute Gasteiger partial charge is 0.433 e. The fourth-order valence-corrected chi connectivity index (χ4v) is 2.51. The van der Waals surface area contributed by atoms with Crippen LogP contribution in [0.25, 0.3) is 0 Å². The minimum Gasteiger partial charge on any atom is -0.406 e. The summed E-state index contributed by atoms with van der Waals surface area (Å²) in [5, 5.41) is 11.8. The molecule has 118 valence electrons. The van der Waals surface area contributed by atoms with E-state index in [1.807, 2.05) is 0 Å². The first-order valence-electron chi connectivity index (χ1n) is 6.59. The molecule has 2 amide bonds. The van der Waals surface area contributed by atoms with Gasteiger partial charge >= 0.3 is 5.88 Å². The SMILES string of the molecule is O=C1NN(c2ccc(Br)cc2)C(=O)C1Cc1ccc([N+](=O)[O-])o1. The number of carbonyl (C=O) groups excluding carboxylic acids is 2. The van der Waals surface area contributed by atoms with Crippen molar-refractivity contribution in [2.24, 2.45) is 5.92 Å². The van der Waals surface area contributed by atoms with Crippen LogP contribution in [0.4, 0.5) is 11.6 Å². The normalized spacial score (nSPS) is 17.4. The second-order valence-corrected chi connectivity index (χ2v) is 5.80. The van der Waals surface area contributed by atoms with Crippen LogP contribution >= 0.6 is 15.9 Å². The number of nitrogens with one attached hydrogen (secondary N) is 1. The van der Waals surface area contributed by atoms with Gasteiger partial charge in [0.2, 0.25) is 0 Å². The summed E-state index contributed by atoms with van der Waals surface area (Å²) in [5.74, 6) is -2.10. The molecular weight excluding hydrogens is 370 g/mol. The van der Waals surface area contributed by atoms with Crippen LogP contribution in [-0.4, -0.2) is 16.7 Å². The Bertz CT molecular complexity index is 786. The molecule has 1 fully saturated rings. The molecule has 1 aliphatic rings. The van der Waals surface area contributed by atoms with Crippen molar-refractivity contribution >= 4 is 39.3 Å². The molecule has 2 heterocycles. The number of amides is 2. The highest BCUT2D eigenvalue weighted by Gasteiger charge is 2.40. The molecule has 0 bridgehead atoms. The van der Waals surface area contributed by atoms with Crippen molar-refractivity contribution in [1.82, 2.24) is 5.43 Å². The van der Waals surface area contributed by atoms with Crippen molar-refractivity contribution < 1.29 is 18.9 Å². The van der Waals surface area contributed by atoms with Gasteiger partial charge in [-0.05, 0) is 30.3 Å². The summed E-state index contributed by atoms with van der Waals surface area (Å²) in [4.78, 5) is 34.3. The fraction of sp³-hybridized carbons (Fsp3) is 0.143. The summed E-state index contributed by atoms with van der Waals surface area (Å²) < 4.78 is 5.85. The quantitative estimate of drug-likeness (QED) is 0.497. The molecule has 0 aliphatic carbocycles. The van der Waals surface area contributed by atoms with Gasteiger partial charge in [-0.15, -0.1) is 0 Å². The molecule has 0 radical (unpaired) electrons. The first-order chi connectivity index (χ1) is 11.0. The van der Waals surface area contributed by atoms with Crippen LogP contribution in [0.2, 0.25) is 0 Å². The van der Waals surface area contributed by atoms with Crippen LogP contribution in [0, 0.1) is 16.0 Å². The van der Waals surface area contributed by atoms with Crippen LogP contribution < -0.4 is 10.4 Å². The molecule has 8 nitrogen and oxygen atoms in total. The summed E-state index contributed by atoms with van der Waals surface area (Å²) in [6.45, 7) is 0. The second kappa shape index (κ2) is 5.84. The van der Waals surface area contributed by atoms with Crippen molar-refractivity contribution in [1.29, 1.82) is 0 Å². The van der Waals surface area contributed by atoms with E-state index in [1.165, 1.54) is 12.1 Å². The van der Waals surface area contributed by atoms with E-state index in [1.54, 1.807) is 24.3 Å². The molecule has 9 heteroatoms. The average molecular weight is 380 g/mol. The zero-order valence-corrected chi connectivity index (χ0v) is 13.1. The van der Waals surface area contributed by atoms with Gasteiger partial charge in [-0.2, -0.15) is 0 Å². The molecule has 0 spiro atoms. The van der Waals surface area contributed by atoms with Crippen LogP contribution in [0.3, 0.4) is 0 Å². The van der Waals surface area contributed by atoms with Crippen LogP contribution in [0.15, 0.2) is 45.3 Å². The van der Waals surface area contributed by atoms with E-state index in [4.69, 9.17) is 4.42 Å². The third kappa shape index (κ3) is 2.95. The zero-order valence-electron chi connectivity index (χ0n) is 11.6. The van der Waals surface area contributed by atoms with Gasteiger partial charge in [0.1, 0.15) is 16.6 Å². The Balaban J connectivity index is 1.78. The molecule has 1 N–H and O–H groups in total. The number of furan rings is 1. The van der Waals surface area contributed by atoms with Crippen molar-refractivity contribution in [2.75, 3.05) is 5.01 Å². The van der Waals surface area contributed by atoms with Crippen LogP contribution in [-0.2, 0) is 16.0 Å². The maximum absolute atomic E-state index is 12.4. The summed E-state index contributed by atoms with van der Waals surface area (Å²) in [7, 11) is 0. The minimum atomic E-state index is -0.982. The molecule has 1 unspecified atom stereocenters. The number of halogens is 1. The number of hydrogen-bond donors (Lipinski definition) is 1. The maximum atomic E-state index is 12.4. The number of nitrogens with zero attached hydrogens (tertiary/aromatic N) is 2. The van der Waals surface area contributed by atoms with Gasteiger partial charge in [-0.25, -0.2) is 5.01 Å². The fourth-order valence-electron chi connectivity index (χ4n) is 2.25. The first kappa shape index (κ1) is 15.2. The van der Waals surface area contributed by atoms with Gasteiger partial charge in [0.25, 0.3) is 11.8 Å².